The first kappa shape index (κ1) is 25.2. The van der Waals surface area contributed by atoms with Gasteiger partial charge in [-0.2, -0.15) is 18.2 Å². The Balaban J connectivity index is 0.00000160. The number of carbonyl (C=O) groups is 2. The van der Waals surface area contributed by atoms with E-state index in [4.69, 9.17) is 4.74 Å². The molecule has 0 aliphatic carbocycles. The molecule has 0 atom stereocenters. The molecule has 4 rings (SSSR count). The third kappa shape index (κ3) is 4.74. The predicted molar refractivity (Wildman–Crippen MR) is 114 cm³/mol. The van der Waals surface area contributed by atoms with Gasteiger partial charge in [-0.15, -0.1) is 11.6 Å². The van der Waals surface area contributed by atoms with Crippen molar-refractivity contribution in [1.82, 2.24) is 9.80 Å². The van der Waals surface area contributed by atoms with Crippen molar-refractivity contribution >= 4 is 17.7 Å². The number of carbonyl (C=O) groups excluding carboxylic acids is 2. The van der Waals surface area contributed by atoms with Gasteiger partial charge >= 0.3 is 37.2 Å². The number of likely N-dealkylation sites (tertiary alicyclic amines) is 2. The molecule has 3 heterocycles. The van der Waals surface area contributed by atoms with Gasteiger partial charge in [0.25, 0.3) is 0 Å². The Kier molecular flexibility index (Phi) is 8.85. The molecule has 0 bridgehead atoms. The van der Waals surface area contributed by atoms with Crippen molar-refractivity contribution in [2.75, 3.05) is 44.2 Å². The van der Waals surface area contributed by atoms with E-state index in [1.807, 2.05) is 28.9 Å². The zero-order chi connectivity index (χ0) is 19.7. The Bertz CT molecular complexity index is 741. The zero-order valence-corrected chi connectivity index (χ0v) is 22.6. The average Bonchev–Trinajstić information content (AvgIpc) is 3.04. The van der Waals surface area contributed by atoms with Gasteiger partial charge < -0.3 is 26.9 Å². The molecule has 0 radical (unpaired) electrons. The second-order valence-corrected chi connectivity index (χ2v) is 8.28. The Morgan fingerprint density at radius 2 is 1.87 bits per heavy atom. The summed E-state index contributed by atoms with van der Waals surface area (Å²) in [6.07, 6.45) is 3.98. The number of anilines is 1. The van der Waals surface area contributed by atoms with Crippen molar-refractivity contribution in [3.8, 4) is 0 Å². The summed E-state index contributed by atoms with van der Waals surface area (Å²) in [6, 6.07) is 9.78. The summed E-state index contributed by atoms with van der Waals surface area (Å²) in [5.74, 6) is 0.123. The van der Waals surface area contributed by atoms with E-state index >= 15 is 0 Å². The molecule has 6 nitrogen and oxygen atoms in total. The van der Waals surface area contributed by atoms with Crippen LogP contribution in [0.3, 0.4) is 0 Å². The molecule has 2 saturated heterocycles. The molecule has 30 heavy (non-hydrogen) atoms. The SMILES string of the molecule is CCOC(=O)N1CCC(N2CCC3(CC2)CN(C(C)=O)c2cc[c-]cc23)CC1.[CH3-].[U+2]. The fourth-order valence-corrected chi connectivity index (χ4v) is 5.21. The van der Waals surface area contributed by atoms with Gasteiger partial charge in [-0.1, -0.05) is 5.69 Å². The van der Waals surface area contributed by atoms with Crippen LogP contribution in [0.5, 0.6) is 0 Å². The number of piperidine rings is 2. The van der Waals surface area contributed by atoms with Gasteiger partial charge in [0.15, 0.2) is 0 Å². The van der Waals surface area contributed by atoms with Gasteiger partial charge in [-0.25, -0.2) is 4.79 Å². The molecule has 1 aromatic carbocycles. The number of nitrogens with zero attached hydrogens (tertiary/aromatic N) is 3. The van der Waals surface area contributed by atoms with Crippen LogP contribution in [0.1, 0.15) is 45.1 Å². The molecule has 162 valence electrons. The summed E-state index contributed by atoms with van der Waals surface area (Å²) in [4.78, 5) is 30.4. The molecule has 3 aliphatic rings. The number of rotatable bonds is 2. The van der Waals surface area contributed by atoms with E-state index in [1.165, 1.54) is 5.56 Å². The summed E-state index contributed by atoms with van der Waals surface area (Å²) in [5, 5.41) is 0. The van der Waals surface area contributed by atoms with E-state index in [0.717, 1.165) is 64.1 Å². The monoisotopic (exact) mass is 637 g/mol. The van der Waals surface area contributed by atoms with E-state index < -0.39 is 0 Å². The van der Waals surface area contributed by atoms with Crippen LogP contribution in [0.15, 0.2) is 18.2 Å². The minimum atomic E-state index is -0.179. The second-order valence-electron chi connectivity index (χ2n) is 8.28. The Labute approximate surface area is 204 Å². The molecule has 1 spiro atoms. The summed E-state index contributed by atoms with van der Waals surface area (Å²) in [6.45, 7) is 8.39. The van der Waals surface area contributed by atoms with Gasteiger partial charge in [-0.05, 0) is 51.1 Å². The number of benzene rings is 1. The van der Waals surface area contributed by atoms with Crippen LogP contribution < -0.4 is 4.90 Å². The van der Waals surface area contributed by atoms with Crippen LogP contribution in [0, 0.1) is 44.6 Å². The average molecular weight is 638 g/mol. The maximum Gasteiger partial charge on any atom is 2.00 e. The van der Waals surface area contributed by atoms with Gasteiger partial charge in [0, 0.05) is 32.6 Å². The standard InChI is InChI=1S/C22H30N3O3.CH3.U/c1-3-28-21(27)24-12-8-18(9-13-24)23-14-10-22(11-15-23)16-25(17(2)26)20-7-5-4-6-19(20)22;;/h5-7,18H,3,8-16H2,1-2H3;1H3;/q2*-1;+2. The van der Waals surface area contributed by atoms with E-state index in [1.54, 1.807) is 6.92 Å². The van der Waals surface area contributed by atoms with E-state index in [0.29, 0.717) is 12.6 Å². The number of amides is 2. The molecular weight excluding hydrogens is 604 g/mol. The van der Waals surface area contributed by atoms with Crippen LogP contribution in [0.2, 0.25) is 0 Å². The third-order valence-corrected chi connectivity index (χ3v) is 6.81. The largest absolute Gasteiger partial charge is 2.00 e. The molecule has 0 unspecified atom stereocenters. The first-order chi connectivity index (χ1) is 13.5. The van der Waals surface area contributed by atoms with Gasteiger partial charge in [0.1, 0.15) is 0 Å². The molecule has 0 saturated carbocycles. The molecule has 7 heteroatoms. The van der Waals surface area contributed by atoms with E-state index in [2.05, 4.69) is 17.0 Å². The van der Waals surface area contributed by atoms with Crippen molar-refractivity contribution < 1.29 is 45.4 Å². The summed E-state index contributed by atoms with van der Waals surface area (Å²) in [5.41, 5.74) is 2.44. The van der Waals surface area contributed by atoms with Crippen LogP contribution >= 0.6 is 0 Å². The molecule has 0 aromatic heterocycles. The maximum absolute atomic E-state index is 12.1. The van der Waals surface area contributed by atoms with E-state index in [-0.39, 0.29) is 56.0 Å². The summed E-state index contributed by atoms with van der Waals surface area (Å²) >= 11 is 0. The molecule has 3 aliphatic heterocycles. The predicted octanol–water partition coefficient (Wildman–Crippen LogP) is 3.26. The molecule has 2 fully saturated rings. The normalized spacial score (nSPS) is 20.9. The van der Waals surface area contributed by atoms with Crippen LogP contribution in [0.4, 0.5) is 10.5 Å². The number of fused-ring (bicyclic) bond motifs is 2. The Hall–Kier alpha value is -1.03. The minimum Gasteiger partial charge on any atom is -0.450 e. The van der Waals surface area contributed by atoms with Gasteiger partial charge in [-0.3, -0.25) is 4.79 Å². The molecule has 0 N–H and O–H groups in total. The molecule has 1 aromatic rings. The van der Waals surface area contributed by atoms with Crippen molar-refractivity contribution in [2.45, 2.75) is 51.0 Å². The molecule has 2 amide bonds. The van der Waals surface area contributed by atoms with Crippen LogP contribution in [-0.4, -0.2) is 67.2 Å². The van der Waals surface area contributed by atoms with Crippen LogP contribution in [0.25, 0.3) is 0 Å². The quantitative estimate of drug-likeness (QED) is 0.468. The van der Waals surface area contributed by atoms with Crippen molar-refractivity contribution in [2.24, 2.45) is 0 Å². The number of hydrogen-bond donors (Lipinski definition) is 0. The van der Waals surface area contributed by atoms with Crippen LogP contribution in [-0.2, 0) is 14.9 Å². The summed E-state index contributed by atoms with van der Waals surface area (Å²) in [7, 11) is 0. The summed E-state index contributed by atoms with van der Waals surface area (Å²) < 4.78 is 5.13. The fourth-order valence-electron chi connectivity index (χ4n) is 5.21. The Morgan fingerprint density at radius 3 is 2.47 bits per heavy atom. The van der Waals surface area contributed by atoms with E-state index in [9.17, 15) is 9.59 Å². The maximum atomic E-state index is 12.1. The fraction of sp³-hybridized carbons (Fsp3) is 0.609. The van der Waals surface area contributed by atoms with Crippen molar-refractivity contribution in [1.29, 1.82) is 0 Å². The topological polar surface area (TPSA) is 53.1 Å². The minimum absolute atomic E-state index is 0. The first-order valence-corrected chi connectivity index (χ1v) is 10.5. The van der Waals surface area contributed by atoms with Crippen molar-refractivity contribution in [3.63, 3.8) is 0 Å². The van der Waals surface area contributed by atoms with Crippen molar-refractivity contribution in [3.05, 3.63) is 37.3 Å². The Morgan fingerprint density at radius 1 is 1.20 bits per heavy atom. The smallest absolute Gasteiger partial charge is 0.450 e. The van der Waals surface area contributed by atoms with Gasteiger partial charge in [0.05, 0.1) is 6.61 Å². The zero-order valence-electron chi connectivity index (χ0n) is 18.4. The third-order valence-electron chi connectivity index (χ3n) is 6.81. The molecular formula is C23H33N3O3U. The second kappa shape index (κ2) is 10.5. The van der Waals surface area contributed by atoms with Gasteiger partial charge in [0.2, 0.25) is 5.91 Å². The number of ether oxygens (including phenoxy) is 1. The first-order valence-electron chi connectivity index (χ1n) is 10.5. The number of hydrogen-bond acceptors (Lipinski definition) is 4.